The lowest BCUT2D eigenvalue weighted by Gasteiger charge is -2.25. The molecule has 3 aromatic rings. The third-order valence-electron chi connectivity index (χ3n) is 4.70. The second-order valence-electron chi connectivity index (χ2n) is 6.59. The van der Waals surface area contributed by atoms with Gasteiger partial charge < -0.3 is 14.1 Å². The zero-order valence-electron chi connectivity index (χ0n) is 14.6. The van der Waals surface area contributed by atoms with Gasteiger partial charge in [-0.25, -0.2) is 4.79 Å². The largest absolute Gasteiger partial charge is 0.449 e. The molecule has 0 fully saturated rings. The van der Waals surface area contributed by atoms with Crippen molar-refractivity contribution >= 4 is 28.5 Å². The number of benzene rings is 2. The van der Waals surface area contributed by atoms with Crippen LogP contribution in [-0.2, 0) is 16.0 Å². The summed E-state index contributed by atoms with van der Waals surface area (Å²) in [5.41, 5.74) is 2.63. The van der Waals surface area contributed by atoms with Crippen LogP contribution < -0.4 is 4.90 Å². The first-order valence-electron chi connectivity index (χ1n) is 8.65. The number of hydrogen-bond donors (Lipinski definition) is 0. The number of amides is 1. The van der Waals surface area contributed by atoms with Gasteiger partial charge in [0.1, 0.15) is 5.58 Å². The van der Waals surface area contributed by atoms with E-state index in [0.29, 0.717) is 5.58 Å². The minimum Gasteiger partial charge on any atom is -0.449 e. The van der Waals surface area contributed by atoms with Crippen LogP contribution in [0.15, 0.2) is 59.0 Å². The van der Waals surface area contributed by atoms with Gasteiger partial charge in [-0.15, -0.1) is 0 Å². The van der Waals surface area contributed by atoms with Gasteiger partial charge in [0.25, 0.3) is 5.91 Å². The number of fused-ring (bicyclic) bond motifs is 2. The van der Waals surface area contributed by atoms with Crippen molar-refractivity contribution in [3.05, 3.63) is 65.9 Å². The molecule has 0 unspecified atom stereocenters. The van der Waals surface area contributed by atoms with E-state index in [1.807, 2.05) is 49.4 Å². The lowest BCUT2D eigenvalue weighted by atomic mass is 10.1. The van der Waals surface area contributed by atoms with Gasteiger partial charge in [-0.2, -0.15) is 0 Å². The van der Waals surface area contributed by atoms with Crippen molar-refractivity contribution in [1.82, 2.24) is 0 Å². The van der Waals surface area contributed by atoms with Gasteiger partial charge in [-0.3, -0.25) is 4.79 Å². The molecule has 2 heterocycles. The first-order chi connectivity index (χ1) is 12.5. The first kappa shape index (κ1) is 16.4. The van der Waals surface area contributed by atoms with Crippen LogP contribution in [0.25, 0.3) is 11.0 Å². The number of hydrogen-bond acceptors (Lipinski definition) is 4. The maximum absolute atomic E-state index is 12.9. The zero-order chi connectivity index (χ0) is 18.3. The third-order valence-corrected chi connectivity index (χ3v) is 4.70. The van der Waals surface area contributed by atoms with Crippen molar-refractivity contribution in [3.63, 3.8) is 0 Å². The molecular weight excluding hydrogens is 330 g/mol. The summed E-state index contributed by atoms with van der Waals surface area (Å²) >= 11 is 0. The summed E-state index contributed by atoms with van der Waals surface area (Å²) in [7, 11) is 0. The van der Waals surface area contributed by atoms with Crippen molar-refractivity contribution in [3.8, 4) is 0 Å². The molecule has 0 radical (unpaired) electrons. The van der Waals surface area contributed by atoms with Gasteiger partial charge in [0, 0.05) is 17.1 Å². The Morgan fingerprint density at radius 2 is 1.88 bits per heavy atom. The summed E-state index contributed by atoms with van der Waals surface area (Å²) in [6, 6.07) is 16.8. The Morgan fingerprint density at radius 3 is 2.69 bits per heavy atom. The molecule has 5 heteroatoms. The van der Waals surface area contributed by atoms with E-state index >= 15 is 0 Å². The molecule has 1 aromatic heterocycles. The average Bonchev–Trinajstić information content (AvgIpc) is 3.21. The Labute approximate surface area is 151 Å². The Bertz CT molecular complexity index is 957. The number of anilines is 1. The van der Waals surface area contributed by atoms with Gasteiger partial charge in [0.2, 0.25) is 5.76 Å². The highest BCUT2D eigenvalue weighted by atomic mass is 16.6. The fraction of sp³-hybridized carbons (Fsp3) is 0.238. The number of nitrogens with zero attached hydrogens (tertiary/aromatic N) is 1. The van der Waals surface area contributed by atoms with E-state index in [1.165, 1.54) is 0 Å². The molecule has 0 aliphatic carbocycles. The summed E-state index contributed by atoms with van der Waals surface area (Å²) in [6.07, 6.45) is -0.101. The third kappa shape index (κ3) is 2.75. The molecule has 0 spiro atoms. The highest BCUT2D eigenvalue weighted by molar-refractivity contribution is 6.01. The topological polar surface area (TPSA) is 59.8 Å². The normalized spacial score (nSPS) is 17.2. The van der Waals surface area contributed by atoms with E-state index in [9.17, 15) is 9.59 Å². The maximum atomic E-state index is 12.9. The highest BCUT2D eigenvalue weighted by Crippen LogP contribution is 2.32. The molecular formula is C21H19NO4. The highest BCUT2D eigenvalue weighted by Gasteiger charge is 2.34. The van der Waals surface area contributed by atoms with Gasteiger partial charge in [-0.05, 0) is 44.0 Å². The molecule has 2 atom stereocenters. The van der Waals surface area contributed by atoms with E-state index in [4.69, 9.17) is 9.15 Å². The van der Waals surface area contributed by atoms with Crippen LogP contribution in [0.2, 0.25) is 0 Å². The minimum atomic E-state index is -0.899. The summed E-state index contributed by atoms with van der Waals surface area (Å²) in [4.78, 5) is 27.0. The van der Waals surface area contributed by atoms with Crippen LogP contribution in [0.1, 0.15) is 30.0 Å². The second kappa shape index (κ2) is 6.33. The number of carbonyl (C=O) groups excluding carboxylic acids is 2. The number of ether oxygens (including phenoxy) is 1. The van der Waals surface area contributed by atoms with Crippen molar-refractivity contribution in [2.45, 2.75) is 32.4 Å². The number of furan rings is 1. The fourth-order valence-corrected chi connectivity index (χ4v) is 3.45. The summed E-state index contributed by atoms with van der Waals surface area (Å²) in [5, 5.41) is 0.820. The summed E-state index contributed by atoms with van der Waals surface area (Å²) in [6.45, 7) is 3.59. The van der Waals surface area contributed by atoms with Gasteiger partial charge in [-0.1, -0.05) is 36.4 Å². The standard InChI is InChI=1S/C21H19NO4/c1-13-11-15-7-3-5-9-17(15)22(13)20(23)14(2)25-21(24)19-12-16-8-4-6-10-18(16)26-19/h3-10,12-14H,11H2,1-2H3/t13-,14+/m1/s1. The maximum Gasteiger partial charge on any atom is 0.375 e. The van der Waals surface area contributed by atoms with Crippen LogP contribution in [0.5, 0.6) is 0 Å². The smallest absolute Gasteiger partial charge is 0.375 e. The number of rotatable bonds is 3. The summed E-state index contributed by atoms with van der Waals surface area (Å²) < 4.78 is 10.9. The minimum absolute atomic E-state index is 0.0345. The molecule has 0 saturated heterocycles. The molecule has 1 aliphatic rings. The molecule has 1 aliphatic heterocycles. The molecule has 5 nitrogen and oxygen atoms in total. The van der Waals surface area contributed by atoms with E-state index < -0.39 is 12.1 Å². The number of para-hydroxylation sites is 2. The van der Waals surface area contributed by atoms with Crippen LogP contribution in [0.3, 0.4) is 0 Å². The van der Waals surface area contributed by atoms with Crippen molar-refractivity contribution in [1.29, 1.82) is 0 Å². The van der Waals surface area contributed by atoms with Crippen LogP contribution in [-0.4, -0.2) is 24.0 Å². The molecule has 1 amide bonds. The van der Waals surface area contributed by atoms with E-state index in [1.54, 1.807) is 24.0 Å². The molecule has 0 bridgehead atoms. The first-order valence-corrected chi connectivity index (χ1v) is 8.65. The lowest BCUT2D eigenvalue weighted by molar-refractivity contribution is -0.126. The Balaban J connectivity index is 1.51. The average molecular weight is 349 g/mol. The Hall–Kier alpha value is -3.08. The van der Waals surface area contributed by atoms with Crippen LogP contribution >= 0.6 is 0 Å². The van der Waals surface area contributed by atoms with E-state index in [2.05, 4.69) is 0 Å². The second-order valence-corrected chi connectivity index (χ2v) is 6.59. The predicted molar refractivity (Wildman–Crippen MR) is 98.2 cm³/mol. The molecule has 2 aromatic carbocycles. The molecule has 132 valence electrons. The van der Waals surface area contributed by atoms with Crippen molar-refractivity contribution in [2.24, 2.45) is 0 Å². The van der Waals surface area contributed by atoms with Gasteiger partial charge in [0.15, 0.2) is 6.10 Å². The number of carbonyl (C=O) groups is 2. The van der Waals surface area contributed by atoms with Gasteiger partial charge in [0.05, 0.1) is 0 Å². The predicted octanol–water partition coefficient (Wildman–Crippen LogP) is 3.96. The molecule has 0 saturated carbocycles. The van der Waals surface area contributed by atoms with Crippen molar-refractivity contribution < 1.29 is 18.7 Å². The SMILES string of the molecule is C[C@H](OC(=O)c1cc2ccccc2o1)C(=O)N1c2ccccc2C[C@H]1C. The van der Waals surface area contributed by atoms with Gasteiger partial charge >= 0.3 is 5.97 Å². The monoisotopic (exact) mass is 349 g/mol. The van der Waals surface area contributed by atoms with E-state index in [-0.39, 0.29) is 17.7 Å². The number of esters is 1. The lowest BCUT2D eigenvalue weighted by Crippen LogP contribution is -2.43. The van der Waals surface area contributed by atoms with Crippen molar-refractivity contribution in [2.75, 3.05) is 4.90 Å². The fourth-order valence-electron chi connectivity index (χ4n) is 3.45. The molecule has 26 heavy (non-hydrogen) atoms. The molecule has 4 rings (SSSR count). The summed E-state index contributed by atoms with van der Waals surface area (Å²) in [5.74, 6) is -0.769. The van der Waals surface area contributed by atoms with Crippen LogP contribution in [0.4, 0.5) is 5.69 Å². The Kier molecular flexibility index (Phi) is 3.99. The Morgan fingerprint density at radius 1 is 1.15 bits per heavy atom. The zero-order valence-corrected chi connectivity index (χ0v) is 14.6. The quantitative estimate of drug-likeness (QED) is 0.672. The van der Waals surface area contributed by atoms with Crippen LogP contribution in [0, 0.1) is 0 Å². The van der Waals surface area contributed by atoms with E-state index in [0.717, 1.165) is 23.1 Å². The molecule has 0 N–H and O–H groups in total.